The molecule has 21 heavy (non-hydrogen) atoms. The van der Waals surface area contributed by atoms with Crippen molar-refractivity contribution >= 4 is 5.91 Å². The van der Waals surface area contributed by atoms with E-state index in [9.17, 15) is 4.79 Å². The van der Waals surface area contributed by atoms with Gasteiger partial charge in [-0.05, 0) is 43.1 Å². The second-order valence-electron chi connectivity index (χ2n) is 7.39. The largest absolute Gasteiger partial charge is 0.351 e. The Morgan fingerprint density at radius 3 is 2.57 bits per heavy atom. The molecule has 1 aromatic rings. The molecule has 2 aliphatic rings. The average molecular weight is 283 g/mol. The van der Waals surface area contributed by atoms with Crippen LogP contribution in [0.2, 0.25) is 0 Å². The van der Waals surface area contributed by atoms with E-state index in [1.807, 2.05) is 0 Å². The summed E-state index contributed by atoms with van der Waals surface area (Å²) in [7, 11) is 0. The van der Waals surface area contributed by atoms with E-state index < -0.39 is 0 Å². The summed E-state index contributed by atoms with van der Waals surface area (Å²) < 4.78 is 0. The molecule has 1 aromatic carbocycles. The van der Waals surface area contributed by atoms with Crippen molar-refractivity contribution in [3.63, 3.8) is 0 Å². The van der Waals surface area contributed by atoms with Crippen LogP contribution in [0.1, 0.15) is 44.2 Å². The van der Waals surface area contributed by atoms with E-state index in [0.717, 1.165) is 30.4 Å². The van der Waals surface area contributed by atoms with Crippen LogP contribution in [0.4, 0.5) is 0 Å². The number of amides is 1. The number of hydrogen-bond donors (Lipinski definition) is 1. The summed E-state index contributed by atoms with van der Waals surface area (Å²) in [6, 6.07) is 8.34. The third kappa shape index (κ3) is 2.12. The van der Waals surface area contributed by atoms with Crippen molar-refractivity contribution in [3.05, 3.63) is 47.5 Å². The molecule has 0 aromatic heterocycles. The van der Waals surface area contributed by atoms with Gasteiger partial charge in [0.2, 0.25) is 5.91 Å². The fourth-order valence-electron chi connectivity index (χ4n) is 4.20. The standard InChI is InChI=1S/C19H25NO/c1-13-5-7-15(8-6-13)12-20-17(21)19-10-9-16(11-19)18(3,4)14(19)2/h5-8,16H,2,9-12H2,1,3-4H3,(H,20,21)/t16-,19+/m1/s1. The first-order chi connectivity index (χ1) is 9.86. The second kappa shape index (κ2) is 4.72. The molecule has 1 amide bonds. The van der Waals surface area contributed by atoms with Gasteiger partial charge < -0.3 is 5.32 Å². The van der Waals surface area contributed by atoms with Gasteiger partial charge in [-0.2, -0.15) is 0 Å². The second-order valence-corrected chi connectivity index (χ2v) is 7.39. The molecule has 0 spiro atoms. The van der Waals surface area contributed by atoms with Crippen LogP contribution in [0.3, 0.4) is 0 Å². The van der Waals surface area contributed by atoms with Gasteiger partial charge in [-0.15, -0.1) is 0 Å². The highest BCUT2D eigenvalue weighted by atomic mass is 16.2. The van der Waals surface area contributed by atoms with Gasteiger partial charge in [0.25, 0.3) is 0 Å². The Labute approximate surface area is 127 Å². The molecular weight excluding hydrogens is 258 g/mol. The topological polar surface area (TPSA) is 29.1 Å². The lowest BCUT2D eigenvalue weighted by Gasteiger charge is -2.37. The van der Waals surface area contributed by atoms with Gasteiger partial charge in [0.05, 0.1) is 5.41 Å². The van der Waals surface area contributed by atoms with E-state index >= 15 is 0 Å². The fraction of sp³-hybridized carbons (Fsp3) is 0.526. The molecule has 0 aliphatic heterocycles. The number of benzene rings is 1. The molecule has 2 saturated carbocycles. The highest BCUT2D eigenvalue weighted by molar-refractivity contribution is 5.87. The summed E-state index contributed by atoms with van der Waals surface area (Å²) in [4.78, 5) is 12.8. The van der Waals surface area contributed by atoms with Crippen LogP contribution in [0, 0.1) is 23.7 Å². The van der Waals surface area contributed by atoms with Gasteiger partial charge in [-0.3, -0.25) is 4.79 Å². The van der Waals surface area contributed by atoms with Crippen molar-refractivity contribution < 1.29 is 4.79 Å². The van der Waals surface area contributed by atoms with E-state index in [2.05, 4.69) is 56.9 Å². The van der Waals surface area contributed by atoms with E-state index in [0.29, 0.717) is 12.5 Å². The Morgan fingerprint density at radius 2 is 2.00 bits per heavy atom. The van der Waals surface area contributed by atoms with E-state index in [1.54, 1.807) is 0 Å². The zero-order chi connectivity index (χ0) is 15.3. The van der Waals surface area contributed by atoms with Crippen LogP contribution in [0.5, 0.6) is 0 Å². The SMILES string of the molecule is C=C1C(C)(C)[C@@H]2CC[C@]1(C(=O)NCc1ccc(C)cc1)C2. The number of nitrogens with one attached hydrogen (secondary N) is 1. The van der Waals surface area contributed by atoms with Crippen LogP contribution >= 0.6 is 0 Å². The minimum atomic E-state index is -0.307. The molecule has 0 unspecified atom stereocenters. The Hall–Kier alpha value is -1.57. The summed E-state index contributed by atoms with van der Waals surface area (Å²) in [5.41, 5.74) is 3.35. The Morgan fingerprint density at radius 1 is 1.33 bits per heavy atom. The smallest absolute Gasteiger partial charge is 0.230 e. The summed E-state index contributed by atoms with van der Waals surface area (Å²) in [5, 5.41) is 3.15. The highest BCUT2D eigenvalue weighted by Crippen LogP contribution is 2.65. The van der Waals surface area contributed by atoms with Gasteiger partial charge in [0, 0.05) is 6.54 Å². The summed E-state index contributed by atoms with van der Waals surface area (Å²) in [6.45, 7) is 11.5. The molecule has 1 N–H and O–H groups in total. The molecule has 2 atom stereocenters. The van der Waals surface area contributed by atoms with E-state index in [1.165, 1.54) is 5.56 Å². The maximum absolute atomic E-state index is 12.8. The van der Waals surface area contributed by atoms with Crippen LogP contribution in [-0.4, -0.2) is 5.91 Å². The number of hydrogen-bond acceptors (Lipinski definition) is 1. The molecule has 2 bridgehead atoms. The molecule has 0 radical (unpaired) electrons. The van der Waals surface area contributed by atoms with Crippen LogP contribution < -0.4 is 5.32 Å². The zero-order valence-electron chi connectivity index (χ0n) is 13.3. The number of aryl methyl sites for hydroxylation is 1. The number of carbonyl (C=O) groups excluding carboxylic acids is 1. The quantitative estimate of drug-likeness (QED) is 0.835. The minimum absolute atomic E-state index is 0.111. The number of rotatable bonds is 3. The predicted octanol–water partition coefficient (Wildman–Crippen LogP) is 3.99. The molecule has 2 aliphatic carbocycles. The molecule has 2 nitrogen and oxygen atoms in total. The minimum Gasteiger partial charge on any atom is -0.351 e. The normalized spacial score (nSPS) is 29.7. The van der Waals surface area contributed by atoms with Crippen molar-refractivity contribution in [1.82, 2.24) is 5.32 Å². The zero-order valence-corrected chi connectivity index (χ0v) is 13.3. The fourth-order valence-corrected chi connectivity index (χ4v) is 4.20. The maximum Gasteiger partial charge on any atom is 0.230 e. The Balaban J connectivity index is 1.71. The van der Waals surface area contributed by atoms with Gasteiger partial charge in [0.1, 0.15) is 0 Å². The molecular formula is C19H25NO. The lowest BCUT2D eigenvalue weighted by Crippen LogP contribution is -2.41. The third-order valence-corrected chi connectivity index (χ3v) is 5.90. The molecule has 3 rings (SSSR count). The summed E-state index contributed by atoms with van der Waals surface area (Å²) >= 11 is 0. The maximum atomic E-state index is 12.8. The van der Waals surface area contributed by atoms with Crippen LogP contribution in [0.15, 0.2) is 36.4 Å². The Kier molecular flexibility index (Phi) is 3.23. The number of carbonyl (C=O) groups is 1. The predicted molar refractivity (Wildman–Crippen MR) is 85.7 cm³/mol. The van der Waals surface area contributed by atoms with Crippen molar-refractivity contribution in [1.29, 1.82) is 0 Å². The highest BCUT2D eigenvalue weighted by Gasteiger charge is 2.60. The Bertz CT molecular complexity index is 584. The first-order valence-electron chi connectivity index (χ1n) is 7.90. The van der Waals surface area contributed by atoms with Crippen molar-refractivity contribution in [3.8, 4) is 0 Å². The molecule has 2 heteroatoms. The van der Waals surface area contributed by atoms with Crippen LogP contribution in [0.25, 0.3) is 0 Å². The average Bonchev–Trinajstić information content (AvgIpc) is 2.98. The molecule has 0 heterocycles. The third-order valence-electron chi connectivity index (χ3n) is 5.90. The lowest BCUT2D eigenvalue weighted by molar-refractivity contribution is -0.128. The molecule has 0 saturated heterocycles. The number of fused-ring (bicyclic) bond motifs is 2. The van der Waals surface area contributed by atoms with Crippen molar-refractivity contribution in [2.45, 2.75) is 46.6 Å². The van der Waals surface area contributed by atoms with E-state index in [4.69, 9.17) is 0 Å². The molecule has 112 valence electrons. The summed E-state index contributed by atoms with van der Waals surface area (Å²) in [6.07, 6.45) is 3.11. The van der Waals surface area contributed by atoms with Gasteiger partial charge >= 0.3 is 0 Å². The van der Waals surface area contributed by atoms with Crippen LogP contribution in [-0.2, 0) is 11.3 Å². The van der Waals surface area contributed by atoms with Gasteiger partial charge in [0.15, 0.2) is 0 Å². The first-order valence-corrected chi connectivity index (χ1v) is 7.90. The van der Waals surface area contributed by atoms with Crippen molar-refractivity contribution in [2.75, 3.05) is 0 Å². The van der Waals surface area contributed by atoms with E-state index in [-0.39, 0.29) is 16.7 Å². The first kappa shape index (κ1) is 14.4. The summed E-state index contributed by atoms with van der Waals surface area (Å²) in [5.74, 6) is 0.802. The molecule has 2 fully saturated rings. The van der Waals surface area contributed by atoms with Gasteiger partial charge in [-0.25, -0.2) is 0 Å². The van der Waals surface area contributed by atoms with Crippen molar-refractivity contribution in [2.24, 2.45) is 16.7 Å². The monoisotopic (exact) mass is 283 g/mol. The lowest BCUT2D eigenvalue weighted by atomic mass is 9.68. The van der Waals surface area contributed by atoms with Gasteiger partial charge in [-0.1, -0.05) is 55.8 Å².